The Balaban J connectivity index is 1.79. The highest BCUT2D eigenvalue weighted by molar-refractivity contribution is 7.89. The van der Waals surface area contributed by atoms with Gasteiger partial charge in [-0.2, -0.15) is 0 Å². The maximum absolute atomic E-state index is 12.2. The van der Waals surface area contributed by atoms with Crippen molar-refractivity contribution in [1.29, 1.82) is 0 Å². The fraction of sp³-hybridized carbons (Fsp3) is 0.235. The van der Waals surface area contributed by atoms with Crippen LogP contribution in [0, 0.1) is 0 Å². The van der Waals surface area contributed by atoms with Crippen LogP contribution in [-0.2, 0) is 14.8 Å². The first-order valence-corrected chi connectivity index (χ1v) is 9.80. The molecule has 3 N–H and O–H groups in total. The first-order chi connectivity index (χ1) is 12.4. The minimum absolute atomic E-state index is 0.0240. The molecule has 9 heteroatoms. The summed E-state index contributed by atoms with van der Waals surface area (Å²) < 4.78 is 32.0. The fourth-order valence-electron chi connectivity index (χ4n) is 2.03. The average molecular weight is 398 g/mol. The lowest BCUT2D eigenvalue weighted by Gasteiger charge is -2.10. The second-order valence-electron chi connectivity index (χ2n) is 5.24. The predicted octanol–water partition coefficient (Wildman–Crippen LogP) is 2.55. The van der Waals surface area contributed by atoms with E-state index in [1.165, 1.54) is 12.1 Å². The van der Waals surface area contributed by atoms with E-state index in [-0.39, 0.29) is 23.8 Å². The zero-order valence-corrected chi connectivity index (χ0v) is 15.7. The van der Waals surface area contributed by atoms with Crippen LogP contribution in [0.4, 0.5) is 5.69 Å². The summed E-state index contributed by atoms with van der Waals surface area (Å²) in [4.78, 5) is 11.9. The van der Waals surface area contributed by atoms with Crippen LogP contribution in [0.15, 0.2) is 53.4 Å². The molecule has 0 radical (unpaired) electrons. The summed E-state index contributed by atoms with van der Waals surface area (Å²) >= 11 is 5.84. The van der Waals surface area contributed by atoms with Gasteiger partial charge in [0.05, 0.1) is 17.2 Å². The Morgan fingerprint density at radius 1 is 1.15 bits per heavy atom. The highest BCUT2D eigenvalue weighted by Crippen LogP contribution is 2.16. The van der Waals surface area contributed by atoms with E-state index in [2.05, 4.69) is 15.6 Å². The van der Waals surface area contributed by atoms with Crippen molar-refractivity contribution in [3.8, 4) is 5.75 Å². The second kappa shape index (κ2) is 9.42. The monoisotopic (exact) mass is 397 g/mol. The molecule has 0 aromatic heterocycles. The molecule has 0 aliphatic heterocycles. The lowest BCUT2D eigenvalue weighted by molar-refractivity contribution is -0.120. The van der Waals surface area contributed by atoms with Crippen LogP contribution in [0.5, 0.6) is 5.75 Å². The number of amides is 1. The van der Waals surface area contributed by atoms with Crippen LogP contribution in [-0.4, -0.2) is 27.5 Å². The standard InChI is InChI=1S/C17H20ClN3O4S/c1-2-25-15-6-8-16(9-7-15)26(23,24)19-11-10-17(22)21-20-14-5-3-4-13(18)12-14/h3-9,12,19-20H,2,10-11H2,1H3,(H,21,22). The van der Waals surface area contributed by atoms with E-state index in [1.807, 2.05) is 6.92 Å². The van der Waals surface area contributed by atoms with Crippen LogP contribution in [0.3, 0.4) is 0 Å². The van der Waals surface area contributed by atoms with Crippen molar-refractivity contribution in [3.63, 3.8) is 0 Å². The summed E-state index contributed by atoms with van der Waals surface area (Å²) in [6, 6.07) is 12.9. The summed E-state index contributed by atoms with van der Waals surface area (Å²) in [5, 5.41) is 0.535. The van der Waals surface area contributed by atoms with Gasteiger partial charge >= 0.3 is 0 Å². The second-order valence-corrected chi connectivity index (χ2v) is 7.44. The van der Waals surface area contributed by atoms with Crippen molar-refractivity contribution in [2.75, 3.05) is 18.6 Å². The van der Waals surface area contributed by atoms with Gasteiger partial charge in [-0.25, -0.2) is 13.1 Å². The average Bonchev–Trinajstić information content (AvgIpc) is 2.61. The van der Waals surface area contributed by atoms with E-state index >= 15 is 0 Å². The van der Waals surface area contributed by atoms with Gasteiger partial charge in [-0.05, 0) is 49.4 Å². The van der Waals surface area contributed by atoms with E-state index in [0.717, 1.165) is 0 Å². The van der Waals surface area contributed by atoms with Crippen molar-refractivity contribution in [2.45, 2.75) is 18.2 Å². The van der Waals surface area contributed by atoms with Crippen molar-refractivity contribution in [1.82, 2.24) is 10.1 Å². The Hall–Kier alpha value is -2.29. The third-order valence-corrected chi connectivity index (χ3v) is 4.97. The lowest BCUT2D eigenvalue weighted by atomic mass is 10.3. The van der Waals surface area contributed by atoms with Crippen molar-refractivity contribution < 1.29 is 17.9 Å². The smallest absolute Gasteiger partial charge is 0.240 e. The van der Waals surface area contributed by atoms with Crippen molar-refractivity contribution in [2.24, 2.45) is 0 Å². The number of carbonyl (C=O) groups is 1. The summed E-state index contributed by atoms with van der Waals surface area (Å²) in [5.74, 6) is 0.234. The Morgan fingerprint density at radius 3 is 2.54 bits per heavy atom. The quantitative estimate of drug-likeness (QED) is 0.565. The topological polar surface area (TPSA) is 96.5 Å². The van der Waals surface area contributed by atoms with Gasteiger partial charge in [-0.3, -0.25) is 15.6 Å². The van der Waals surface area contributed by atoms with E-state index in [4.69, 9.17) is 16.3 Å². The number of anilines is 1. The molecular formula is C17H20ClN3O4S. The van der Waals surface area contributed by atoms with E-state index in [0.29, 0.717) is 23.1 Å². The third-order valence-electron chi connectivity index (χ3n) is 3.26. The molecule has 0 fully saturated rings. The maximum Gasteiger partial charge on any atom is 0.240 e. The molecule has 0 spiro atoms. The third kappa shape index (κ3) is 6.21. The molecule has 140 valence electrons. The molecule has 0 bridgehead atoms. The zero-order valence-electron chi connectivity index (χ0n) is 14.2. The van der Waals surface area contributed by atoms with Gasteiger partial charge in [-0.1, -0.05) is 17.7 Å². The van der Waals surface area contributed by atoms with Crippen LogP contribution < -0.4 is 20.3 Å². The molecule has 0 aliphatic carbocycles. The van der Waals surface area contributed by atoms with Gasteiger partial charge in [0.2, 0.25) is 15.9 Å². The first kappa shape index (κ1) is 20.0. The SMILES string of the molecule is CCOc1ccc(S(=O)(=O)NCCC(=O)NNc2cccc(Cl)c2)cc1. The van der Waals surface area contributed by atoms with Crippen LogP contribution >= 0.6 is 11.6 Å². The number of rotatable bonds is 9. The number of sulfonamides is 1. The number of hydrazine groups is 1. The van der Waals surface area contributed by atoms with Crippen molar-refractivity contribution >= 4 is 33.2 Å². The predicted molar refractivity (Wildman–Crippen MR) is 101 cm³/mol. The molecule has 1 amide bonds. The molecular weight excluding hydrogens is 378 g/mol. The molecule has 26 heavy (non-hydrogen) atoms. The number of hydrogen-bond acceptors (Lipinski definition) is 5. The van der Waals surface area contributed by atoms with Gasteiger partial charge in [0, 0.05) is 18.0 Å². The highest BCUT2D eigenvalue weighted by atomic mass is 35.5. The van der Waals surface area contributed by atoms with Gasteiger partial charge in [0.25, 0.3) is 0 Å². The van der Waals surface area contributed by atoms with Crippen LogP contribution in [0.2, 0.25) is 5.02 Å². The molecule has 2 aromatic rings. The van der Waals surface area contributed by atoms with Crippen LogP contribution in [0.25, 0.3) is 0 Å². The van der Waals surface area contributed by atoms with Gasteiger partial charge in [0.1, 0.15) is 5.75 Å². The molecule has 7 nitrogen and oxygen atoms in total. The summed E-state index contributed by atoms with van der Waals surface area (Å²) in [6.45, 7) is 2.32. The number of ether oxygens (including phenoxy) is 1. The highest BCUT2D eigenvalue weighted by Gasteiger charge is 2.14. The molecule has 0 saturated heterocycles. The Labute approximate surface area is 157 Å². The zero-order chi connectivity index (χ0) is 19.0. The van der Waals surface area contributed by atoms with E-state index in [1.54, 1.807) is 36.4 Å². The van der Waals surface area contributed by atoms with Crippen molar-refractivity contribution in [3.05, 3.63) is 53.6 Å². The molecule has 0 heterocycles. The first-order valence-electron chi connectivity index (χ1n) is 7.93. The Kier molecular flexibility index (Phi) is 7.26. The molecule has 0 unspecified atom stereocenters. The van der Waals surface area contributed by atoms with Crippen LogP contribution in [0.1, 0.15) is 13.3 Å². The number of nitrogens with one attached hydrogen (secondary N) is 3. The number of benzene rings is 2. The number of halogens is 1. The normalized spacial score (nSPS) is 11.0. The summed E-state index contributed by atoms with van der Waals surface area (Å²) in [6.07, 6.45) is -0.0240. The fourth-order valence-corrected chi connectivity index (χ4v) is 3.26. The lowest BCUT2D eigenvalue weighted by Crippen LogP contribution is -2.33. The molecule has 0 atom stereocenters. The number of carbonyl (C=O) groups excluding carboxylic acids is 1. The van der Waals surface area contributed by atoms with Gasteiger partial charge in [-0.15, -0.1) is 0 Å². The molecule has 2 rings (SSSR count). The Morgan fingerprint density at radius 2 is 1.88 bits per heavy atom. The summed E-state index contributed by atoms with van der Waals surface area (Å²) in [7, 11) is -3.68. The van der Waals surface area contributed by atoms with E-state index < -0.39 is 10.0 Å². The minimum atomic E-state index is -3.68. The van der Waals surface area contributed by atoms with Gasteiger partial charge in [0.15, 0.2) is 0 Å². The largest absolute Gasteiger partial charge is 0.494 e. The number of hydrogen-bond donors (Lipinski definition) is 3. The van der Waals surface area contributed by atoms with E-state index in [9.17, 15) is 13.2 Å². The van der Waals surface area contributed by atoms with Gasteiger partial charge < -0.3 is 4.74 Å². The molecule has 2 aromatic carbocycles. The molecule has 0 aliphatic rings. The molecule has 0 saturated carbocycles. The maximum atomic E-state index is 12.2. The minimum Gasteiger partial charge on any atom is -0.494 e. The summed E-state index contributed by atoms with van der Waals surface area (Å²) in [5.41, 5.74) is 5.81. The Bertz CT molecular complexity index is 841.